The maximum absolute atomic E-state index is 13.8. The molecule has 0 aliphatic heterocycles. The minimum absolute atomic E-state index is 0.210. The molecule has 0 unspecified atom stereocenters. The maximum Gasteiger partial charge on any atom is 0.132 e. The summed E-state index contributed by atoms with van der Waals surface area (Å²) in [6.07, 6.45) is 1.83. The zero-order valence-corrected chi connectivity index (χ0v) is 12.1. The Hall–Kier alpha value is -1.02. The highest BCUT2D eigenvalue weighted by Gasteiger charge is 2.08. The van der Waals surface area contributed by atoms with Crippen LogP contribution in [-0.2, 0) is 0 Å². The summed E-state index contributed by atoms with van der Waals surface area (Å²) in [7, 11) is 0. The Labute approximate surface area is 126 Å². The van der Waals surface area contributed by atoms with E-state index < -0.39 is 0 Å². The van der Waals surface area contributed by atoms with Gasteiger partial charge >= 0.3 is 0 Å². The number of rotatable bonds is 3. The molecule has 4 heteroatoms. The van der Waals surface area contributed by atoms with Gasteiger partial charge in [0.25, 0.3) is 0 Å². The van der Waals surface area contributed by atoms with Crippen LogP contribution >= 0.6 is 34.8 Å². The lowest BCUT2D eigenvalue weighted by Gasteiger charge is -2.06. The molecule has 19 heavy (non-hydrogen) atoms. The molecule has 0 N–H and O–H groups in total. The Balaban J connectivity index is 2.41. The van der Waals surface area contributed by atoms with Crippen molar-refractivity contribution in [2.75, 3.05) is 5.88 Å². The van der Waals surface area contributed by atoms with Gasteiger partial charge in [-0.15, -0.1) is 11.6 Å². The molecule has 2 rings (SSSR count). The Morgan fingerprint density at radius 3 is 2.21 bits per heavy atom. The van der Waals surface area contributed by atoms with Crippen LogP contribution in [-0.4, -0.2) is 5.88 Å². The van der Waals surface area contributed by atoms with Crippen molar-refractivity contribution in [3.8, 4) is 0 Å². The van der Waals surface area contributed by atoms with Crippen LogP contribution < -0.4 is 0 Å². The minimum Gasteiger partial charge on any atom is -0.206 e. The van der Waals surface area contributed by atoms with Crippen molar-refractivity contribution in [2.24, 2.45) is 0 Å². The second-order valence-electron chi connectivity index (χ2n) is 3.98. The topological polar surface area (TPSA) is 0 Å². The first-order valence-electron chi connectivity index (χ1n) is 5.57. The van der Waals surface area contributed by atoms with Gasteiger partial charge in [-0.3, -0.25) is 0 Å². The van der Waals surface area contributed by atoms with Crippen LogP contribution in [0, 0.1) is 5.82 Å². The monoisotopic (exact) mass is 314 g/mol. The molecule has 0 spiro atoms. The summed E-state index contributed by atoms with van der Waals surface area (Å²) in [5.74, 6) is -0.172. The smallest absolute Gasteiger partial charge is 0.132 e. The molecule has 0 aliphatic carbocycles. The highest BCUT2D eigenvalue weighted by atomic mass is 35.5. The van der Waals surface area contributed by atoms with E-state index in [0.29, 0.717) is 21.2 Å². The molecular formula is C15H10Cl3F. The van der Waals surface area contributed by atoms with Gasteiger partial charge in [-0.2, -0.15) is 0 Å². The van der Waals surface area contributed by atoms with Crippen molar-refractivity contribution < 1.29 is 4.39 Å². The fraction of sp³-hybridized carbons (Fsp3) is 0.0667. The number of allylic oxidation sites excluding steroid dienone is 1. The zero-order chi connectivity index (χ0) is 13.8. The molecule has 0 fully saturated rings. The van der Waals surface area contributed by atoms with Gasteiger partial charge in [-0.05, 0) is 41.5 Å². The lowest BCUT2D eigenvalue weighted by atomic mass is 10.0. The number of benzene rings is 2. The SMILES string of the molecule is Fc1cc(Cl)ccc1/C(=C/c1ccc(Cl)cc1)CCl. The largest absolute Gasteiger partial charge is 0.206 e. The second kappa shape index (κ2) is 6.42. The maximum atomic E-state index is 13.8. The van der Waals surface area contributed by atoms with Gasteiger partial charge in [0, 0.05) is 21.5 Å². The summed E-state index contributed by atoms with van der Waals surface area (Å²) >= 11 is 17.5. The van der Waals surface area contributed by atoms with Crippen molar-refractivity contribution in [3.63, 3.8) is 0 Å². The van der Waals surface area contributed by atoms with Crippen LogP contribution in [0.15, 0.2) is 42.5 Å². The van der Waals surface area contributed by atoms with Crippen LogP contribution in [0.2, 0.25) is 10.0 Å². The molecular weight excluding hydrogens is 306 g/mol. The Morgan fingerprint density at radius 2 is 1.63 bits per heavy atom. The normalized spacial score (nSPS) is 11.7. The molecule has 98 valence electrons. The molecule has 2 aromatic rings. The second-order valence-corrected chi connectivity index (χ2v) is 5.12. The highest BCUT2D eigenvalue weighted by Crippen LogP contribution is 2.25. The first-order chi connectivity index (χ1) is 9.10. The Morgan fingerprint density at radius 1 is 1.00 bits per heavy atom. The van der Waals surface area contributed by atoms with Crippen molar-refractivity contribution in [1.82, 2.24) is 0 Å². The number of alkyl halides is 1. The summed E-state index contributed by atoms with van der Waals surface area (Å²) < 4.78 is 13.8. The summed E-state index contributed by atoms with van der Waals surface area (Å²) in [4.78, 5) is 0. The van der Waals surface area contributed by atoms with Crippen LogP contribution in [0.3, 0.4) is 0 Å². The van der Waals surface area contributed by atoms with E-state index in [-0.39, 0.29) is 11.7 Å². The molecule has 0 aromatic heterocycles. The number of hydrogen-bond acceptors (Lipinski definition) is 0. The van der Waals surface area contributed by atoms with Crippen molar-refractivity contribution in [3.05, 3.63) is 69.5 Å². The van der Waals surface area contributed by atoms with Gasteiger partial charge < -0.3 is 0 Å². The van der Waals surface area contributed by atoms with E-state index in [0.717, 1.165) is 5.56 Å². The number of halogens is 4. The summed E-state index contributed by atoms with van der Waals surface area (Å²) in [6.45, 7) is 0. The van der Waals surface area contributed by atoms with Gasteiger partial charge in [0.2, 0.25) is 0 Å². The molecule has 2 aromatic carbocycles. The van der Waals surface area contributed by atoms with Gasteiger partial charge in [0.1, 0.15) is 5.82 Å². The Bertz CT molecular complexity index is 603. The quantitative estimate of drug-likeness (QED) is 0.488. The van der Waals surface area contributed by atoms with E-state index in [4.69, 9.17) is 34.8 Å². The van der Waals surface area contributed by atoms with E-state index >= 15 is 0 Å². The lowest BCUT2D eigenvalue weighted by molar-refractivity contribution is 0.624. The van der Waals surface area contributed by atoms with E-state index in [1.165, 1.54) is 6.07 Å². The molecule has 0 aliphatic rings. The van der Waals surface area contributed by atoms with Crippen molar-refractivity contribution in [1.29, 1.82) is 0 Å². The first-order valence-corrected chi connectivity index (χ1v) is 6.86. The average molecular weight is 316 g/mol. The summed E-state index contributed by atoms with van der Waals surface area (Å²) in [6, 6.07) is 11.8. The zero-order valence-electron chi connectivity index (χ0n) is 9.84. The fourth-order valence-electron chi connectivity index (χ4n) is 1.70. The predicted molar refractivity (Wildman–Crippen MR) is 81.5 cm³/mol. The van der Waals surface area contributed by atoms with Gasteiger partial charge in [0.05, 0.1) is 0 Å². The first kappa shape index (κ1) is 14.4. The van der Waals surface area contributed by atoms with E-state index in [9.17, 15) is 4.39 Å². The molecule has 0 saturated carbocycles. The van der Waals surface area contributed by atoms with Gasteiger partial charge in [0.15, 0.2) is 0 Å². The lowest BCUT2D eigenvalue weighted by Crippen LogP contribution is -1.91. The van der Waals surface area contributed by atoms with Crippen LogP contribution in [0.25, 0.3) is 11.6 Å². The molecule has 0 heterocycles. The highest BCUT2D eigenvalue weighted by molar-refractivity contribution is 6.31. The third kappa shape index (κ3) is 3.73. The third-order valence-electron chi connectivity index (χ3n) is 2.63. The summed E-state index contributed by atoms with van der Waals surface area (Å²) in [5.41, 5.74) is 2.06. The molecule has 0 saturated heterocycles. The number of hydrogen-bond donors (Lipinski definition) is 0. The third-order valence-corrected chi connectivity index (χ3v) is 3.41. The van der Waals surface area contributed by atoms with E-state index in [1.807, 2.05) is 18.2 Å². The van der Waals surface area contributed by atoms with Crippen LogP contribution in [0.1, 0.15) is 11.1 Å². The molecule has 0 amide bonds. The predicted octanol–water partition coefficient (Wildman–Crippen LogP) is 5.91. The standard InChI is InChI=1S/C15H10Cl3F/c16-9-11(7-10-1-3-12(17)4-2-10)14-6-5-13(18)8-15(14)19/h1-8H,9H2/b11-7+. The van der Waals surface area contributed by atoms with E-state index in [2.05, 4.69) is 0 Å². The van der Waals surface area contributed by atoms with Crippen molar-refractivity contribution >= 4 is 46.5 Å². The molecule has 0 nitrogen and oxygen atoms in total. The summed E-state index contributed by atoms with van der Waals surface area (Å²) in [5, 5.41) is 1.02. The van der Waals surface area contributed by atoms with Gasteiger partial charge in [-0.1, -0.05) is 41.4 Å². The van der Waals surface area contributed by atoms with Crippen molar-refractivity contribution in [2.45, 2.75) is 0 Å². The van der Waals surface area contributed by atoms with Crippen LogP contribution in [0.5, 0.6) is 0 Å². The molecule has 0 atom stereocenters. The minimum atomic E-state index is -0.381. The van der Waals surface area contributed by atoms with E-state index in [1.54, 1.807) is 24.3 Å². The molecule has 0 radical (unpaired) electrons. The molecule has 0 bridgehead atoms. The average Bonchev–Trinajstić information content (AvgIpc) is 2.39. The fourth-order valence-corrected chi connectivity index (χ4v) is 2.20. The van der Waals surface area contributed by atoms with Gasteiger partial charge in [-0.25, -0.2) is 4.39 Å². The van der Waals surface area contributed by atoms with Crippen LogP contribution in [0.4, 0.5) is 4.39 Å². The Kier molecular flexibility index (Phi) is 4.87.